The molecule has 0 unspecified atom stereocenters. The highest BCUT2D eigenvalue weighted by molar-refractivity contribution is 5.85. The molecule has 5 nitrogen and oxygen atoms in total. The maximum atomic E-state index is 10.1. The Morgan fingerprint density at radius 1 is 0.870 bits per heavy atom. The zero-order valence-electron chi connectivity index (χ0n) is 14.4. The molecule has 1 fully saturated rings. The zero-order valence-corrected chi connectivity index (χ0v) is 15.2. The zero-order chi connectivity index (χ0) is 16.4. The molecule has 23 heavy (non-hydrogen) atoms. The number of aliphatic hydroxyl groups excluding tert-OH is 4. The molecule has 0 amide bonds. The molecule has 6 heteroatoms. The minimum absolute atomic E-state index is 0. The van der Waals surface area contributed by atoms with Gasteiger partial charge in [-0.1, -0.05) is 64.7 Å². The summed E-state index contributed by atoms with van der Waals surface area (Å²) >= 11 is 0. The van der Waals surface area contributed by atoms with E-state index in [1.54, 1.807) is 0 Å². The number of rotatable bonds is 12. The maximum Gasteiger partial charge on any atom is 0.0993 e. The lowest BCUT2D eigenvalue weighted by Crippen LogP contribution is -2.44. The Kier molecular flexibility index (Phi) is 13.4. The second-order valence-corrected chi connectivity index (χ2v) is 6.65. The molecule has 0 aromatic carbocycles. The van der Waals surface area contributed by atoms with Crippen LogP contribution in [0.15, 0.2) is 0 Å². The molecule has 140 valence electrons. The van der Waals surface area contributed by atoms with Crippen LogP contribution in [0, 0.1) is 0 Å². The van der Waals surface area contributed by atoms with E-state index in [-0.39, 0.29) is 19.0 Å². The molecule has 1 saturated heterocycles. The highest BCUT2D eigenvalue weighted by atomic mass is 35.5. The Balaban J connectivity index is 0.00000484. The van der Waals surface area contributed by atoms with E-state index in [0.29, 0.717) is 6.42 Å². The van der Waals surface area contributed by atoms with Gasteiger partial charge in [0.1, 0.15) is 0 Å². The van der Waals surface area contributed by atoms with E-state index in [2.05, 4.69) is 12.2 Å². The summed E-state index contributed by atoms with van der Waals surface area (Å²) in [5, 5.41) is 41.8. The third-order valence-electron chi connectivity index (χ3n) is 4.75. The van der Waals surface area contributed by atoms with Crippen molar-refractivity contribution in [3.63, 3.8) is 0 Å². The average molecular weight is 354 g/mol. The molecule has 0 spiro atoms. The van der Waals surface area contributed by atoms with Crippen LogP contribution in [-0.4, -0.2) is 57.4 Å². The van der Waals surface area contributed by atoms with Crippen LogP contribution in [0.2, 0.25) is 0 Å². The standard InChI is InChI=1S/C17H35NO4.ClH/c1-2-3-4-5-6-7-8-9-10-11-14(20)15-17(22)16(21)13(12-19)18-15;/h13-22H,2-12H2,1H3;1H/t13-,14-,15-,16-,17-;/m1./s1. The van der Waals surface area contributed by atoms with Crippen molar-refractivity contribution in [1.82, 2.24) is 5.32 Å². The molecule has 0 radical (unpaired) electrons. The van der Waals surface area contributed by atoms with E-state index >= 15 is 0 Å². The van der Waals surface area contributed by atoms with Crippen molar-refractivity contribution in [1.29, 1.82) is 0 Å². The number of hydrogen-bond acceptors (Lipinski definition) is 5. The molecule has 0 saturated carbocycles. The Labute approximate surface area is 146 Å². The maximum absolute atomic E-state index is 10.1. The van der Waals surface area contributed by atoms with Crippen LogP contribution < -0.4 is 5.32 Å². The molecule has 0 aliphatic carbocycles. The second-order valence-electron chi connectivity index (χ2n) is 6.65. The van der Waals surface area contributed by atoms with Crippen molar-refractivity contribution >= 4 is 12.4 Å². The number of hydrogen-bond donors (Lipinski definition) is 5. The van der Waals surface area contributed by atoms with Gasteiger partial charge in [0.25, 0.3) is 0 Å². The lowest BCUT2D eigenvalue weighted by Gasteiger charge is -2.22. The molecule has 5 N–H and O–H groups in total. The van der Waals surface area contributed by atoms with Gasteiger partial charge in [-0.15, -0.1) is 12.4 Å². The SMILES string of the molecule is CCCCCCCCCCC[C@@H](O)[C@H]1N[C@H](CO)[C@@H](O)[C@@H]1O.Cl. The van der Waals surface area contributed by atoms with E-state index in [0.717, 1.165) is 12.8 Å². The van der Waals surface area contributed by atoms with E-state index in [1.165, 1.54) is 44.9 Å². The van der Waals surface area contributed by atoms with Crippen LogP contribution in [0.25, 0.3) is 0 Å². The Bertz CT molecular complexity index is 283. The summed E-state index contributed by atoms with van der Waals surface area (Å²) < 4.78 is 0. The summed E-state index contributed by atoms with van der Waals surface area (Å²) in [5.74, 6) is 0. The van der Waals surface area contributed by atoms with Crippen LogP contribution in [0.3, 0.4) is 0 Å². The first-order chi connectivity index (χ1) is 10.6. The van der Waals surface area contributed by atoms with E-state index in [4.69, 9.17) is 5.11 Å². The molecule has 1 aliphatic heterocycles. The van der Waals surface area contributed by atoms with E-state index in [9.17, 15) is 15.3 Å². The van der Waals surface area contributed by atoms with Gasteiger partial charge in [-0.3, -0.25) is 0 Å². The molecule has 0 bridgehead atoms. The van der Waals surface area contributed by atoms with Crippen LogP contribution in [0.4, 0.5) is 0 Å². The highest BCUT2D eigenvalue weighted by Gasteiger charge is 2.43. The third kappa shape index (κ3) is 8.14. The van der Waals surface area contributed by atoms with Gasteiger partial charge in [0, 0.05) is 0 Å². The van der Waals surface area contributed by atoms with Gasteiger partial charge in [0.15, 0.2) is 0 Å². The van der Waals surface area contributed by atoms with E-state index < -0.39 is 30.4 Å². The number of aliphatic hydroxyl groups is 4. The Hall–Kier alpha value is 0.0900. The average Bonchev–Trinajstić information content (AvgIpc) is 2.81. The summed E-state index contributed by atoms with van der Waals surface area (Å²) in [6, 6.07) is -1.08. The van der Waals surface area contributed by atoms with Crippen LogP contribution in [0.5, 0.6) is 0 Å². The summed E-state index contributed by atoms with van der Waals surface area (Å²) in [7, 11) is 0. The number of unbranched alkanes of at least 4 members (excludes halogenated alkanes) is 8. The molecule has 1 heterocycles. The topological polar surface area (TPSA) is 93.0 Å². The number of halogens is 1. The Morgan fingerprint density at radius 2 is 1.39 bits per heavy atom. The fourth-order valence-corrected chi connectivity index (χ4v) is 3.24. The van der Waals surface area contributed by atoms with Crippen LogP contribution in [-0.2, 0) is 0 Å². The largest absolute Gasteiger partial charge is 0.395 e. The van der Waals surface area contributed by atoms with Gasteiger partial charge in [-0.05, 0) is 6.42 Å². The lowest BCUT2D eigenvalue weighted by atomic mass is 9.98. The first-order valence-electron chi connectivity index (χ1n) is 9.03. The minimum atomic E-state index is -1.01. The highest BCUT2D eigenvalue weighted by Crippen LogP contribution is 2.20. The van der Waals surface area contributed by atoms with Crippen LogP contribution >= 0.6 is 12.4 Å². The van der Waals surface area contributed by atoms with Crippen molar-refractivity contribution in [3.05, 3.63) is 0 Å². The van der Waals surface area contributed by atoms with Crippen molar-refractivity contribution in [2.75, 3.05) is 6.61 Å². The van der Waals surface area contributed by atoms with Gasteiger partial charge in [0.05, 0.1) is 37.0 Å². The molecule has 1 aliphatic rings. The second kappa shape index (κ2) is 13.4. The fourth-order valence-electron chi connectivity index (χ4n) is 3.24. The normalized spacial score (nSPS) is 28.6. The van der Waals surface area contributed by atoms with Gasteiger partial charge < -0.3 is 25.7 Å². The van der Waals surface area contributed by atoms with Crippen molar-refractivity contribution in [3.8, 4) is 0 Å². The monoisotopic (exact) mass is 353 g/mol. The predicted octanol–water partition coefficient (Wildman–Crippen LogP) is 1.74. The van der Waals surface area contributed by atoms with Crippen molar-refractivity contribution in [2.24, 2.45) is 0 Å². The van der Waals surface area contributed by atoms with Gasteiger partial charge in [-0.2, -0.15) is 0 Å². The van der Waals surface area contributed by atoms with Crippen LogP contribution in [0.1, 0.15) is 71.1 Å². The first-order valence-corrected chi connectivity index (χ1v) is 9.03. The smallest absolute Gasteiger partial charge is 0.0993 e. The van der Waals surface area contributed by atoms with Gasteiger partial charge in [0.2, 0.25) is 0 Å². The quantitative estimate of drug-likeness (QED) is 0.345. The van der Waals surface area contributed by atoms with Crippen molar-refractivity contribution < 1.29 is 20.4 Å². The lowest BCUT2D eigenvalue weighted by molar-refractivity contribution is -0.00443. The summed E-state index contributed by atoms with van der Waals surface area (Å²) in [4.78, 5) is 0. The third-order valence-corrected chi connectivity index (χ3v) is 4.75. The molecule has 1 rings (SSSR count). The Morgan fingerprint density at radius 3 is 1.87 bits per heavy atom. The number of nitrogens with one attached hydrogen (secondary N) is 1. The molecule has 0 aromatic rings. The van der Waals surface area contributed by atoms with Crippen molar-refractivity contribution in [2.45, 2.75) is 102 Å². The molecular weight excluding hydrogens is 318 g/mol. The summed E-state index contributed by atoms with van der Waals surface area (Å²) in [6.45, 7) is 1.99. The van der Waals surface area contributed by atoms with Gasteiger partial charge >= 0.3 is 0 Å². The molecule has 0 aromatic heterocycles. The summed E-state index contributed by atoms with van der Waals surface area (Å²) in [6.07, 6.45) is 9.00. The summed E-state index contributed by atoms with van der Waals surface area (Å²) in [5.41, 5.74) is 0. The first kappa shape index (κ1) is 23.1. The van der Waals surface area contributed by atoms with Gasteiger partial charge in [-0.25, -0.2) is 0 Å². The molecular formula is C17H36ClNO4. The molecule has 5 atom stereocenters. The van der Waals surface area contributed by atoms with E-state index in [1.807, 2.05) is 0 Å². The fraction of sp³-hybridized carbons (Fsp3) is 1.00. The predicted molar refractivity (Wildman–Crippen MR) is 94.9 cm³/mol. The minimum Gasteiger partial charge on any atom is -0.395 e.